The van der Waals surface area contributed by atoms with Gasteiger partial charge in [0, 0.05) is 33.3 Å². The second-order valence-corrected chi connectivity index (χ2v) is 9.55. The van der Waals surface area contributed by atoms with Crippen LogP contribution in [0.3, 0.4) is 0 Å². The Balaban J connectivity index is 1.39. The Bertz CT molecular complexity index is 1690. The number of pyridine rings is 1. The van der Waals surface area contributed by atoms with Gasteiger partial charge in [0.15, 0.2) is 0 Å². The minimum absolute atomic E-state index is 0.0943. The SMILES string of the molecule is O=C(O)c1cc(-c2[nH]c([C@@H]3CCc4cc(-c5cc(Cl)ccc5-n5cnnn5)cc(=O)n43)nc2F)cs1. The van der Waals surface area contributed by atoms with Crippen molar-refractivity contribution in [3.05, 3.63) is 85.8 Å². The average molecular weight is 524 g/mol. The molecule has 1 atom stereocenters. The zero-order valence-corrected chi connectivity index (χ0v) is 19.8. The highest BCUT2D eigenvalue weighted by molar-refractivity contribution is 7.12. The highest BCUT2D eigenvalue weighted by Crippen LogP contribution is 2.35. The number of nitrogens with zero attached hydrogens (tertiary/aromatic N) is 6. The first-order chi connectivity index (χ1) is 17.4. The molecular formula is C23H15ClFN7O3S. The van der Waals surface area contributed by atoms with Gasteiger partial charge in [-0.2, -0.15) is 9.07 Å². The fourth-order valence-corrected chi connectivity index (χ4v) is 5.43. The van der Waals surface area contributed by atoms with E-state index in [9.17, 15) is 14.0 Å². The molecule has 0 amide bonds. The van der Waals surface area contributed by atoms with Crippen molar-refractivity contribution >= 4 is 28.9 Å². The van der Waals surface area contributed by atoms with Crippen LogP contribution in [0.15, 0.2) is 52.9 Å². The molecule has 1 aliphatic heterocycles. The molecule has 13 heteroatoms. The number of carboxylic acids is 1. The predicted molar refractivity (Wildman–Crippen MR) is 129 cm³/mol. The Morgan fingerprint density at radius 2 is 2.08 bits per heavy atom. The van der Waals surface area contributed by atoms with Gasteiger partial charge in [0.1, 0.15) is 22.7 Å². The van der Waals surface area contributed by atoms with Crippen LogP contribution in [0.25, 0.3) is 28.1 Å². The minimum Gasteiger partial charge on any atom is -0.477 e. The Labute approximate surface area is 210 Å². The van der Waals surface area contributed by atoms with Crippen LogP contribution in [0, 0.1) is 5.95 Å². The maximum absolute atomic E-state index is 14.7. The second-order valence-electron chi connectivity index (χ2n) is 8.21. The van der Waals surface area contributed by atoms with Crippen molar-refractivity contribution in [1.29, 1.82) is 0 Å². The third-order valence-electron chi connectivity index (χ3n) is 6.09. The molecule has 0 aliphatic carbocycles. The monoisotopic (exact) mass is 523 g/mol. The fraction of sp³-hybridized carbons (Fsp3) is 0.130. The summed E-state index contributed by atoms with van der Waals surface area (Å²) in [4.78, 5) is 31.6. The molecule has 4 aromatic heterocycles. The second kappa shape index (κ2) is 8.50. The number of aromatic carboxylic acids is 1. The number of H-pyrrole nitrogens is 1. The van der Waals surface area contributed by atoms with Crippen LogP contribution in [0.4, 0.5) is 4.39 Å². The van der Waals surface area contributed by atoms with E-state index < -0.39 is 18.0 Å². The number of hydrogen-bond acceptors (Lipinski definition) is 7. The van der Waals surface area contributed by atoms with Crippen molar-refractivity contribution in [2.75, 3.05) is 0 Å². The number of halogens is 2. The maximum Gasteiger partial charge on any atom is 0.345 e. The molecule has 0 spiro atoms. The lowest BCUT2D eigenvalue weighted by molar-refractivity contribution is 0.0702. The van der Waals surface area contributed by atoms with Crippen molar-refractivity contribution in [1.82, 2.24) is 34.7 Å². The summed E-state index contributed by atoms with van der Waals surface area (Å²) in [5.74, 6) is -1.53. The lowest BCUT2D eigenvalue weighted by atomic mass is 10.0. The van der Waals surface area contributed by atoms with Crippen LogP contribution in [0.2, 0.25) is 5.02 Å². The van der Waals surface area contributed by atoms with E-state index in [1.165, 1.54) is 23.1 Å². The number of rotatable bonds is 5. The van der Waals surface area contributed by atoms with Gasteiger partial charge in [0.25, 0.3) is 5.56 Å². The summed E-state index contributed by atoms with van der Waals surface area (Å²) >= 11 is 7.25. The van der Waals surface area contributed by atoms with Gasteiger partial charge in [0.2, 0.25) is 5.95 Å². The quantitative estimate of drug-likeness (QED) is 0.356. The van der Waals surface area contributed by atoms with Crippen LogP contribution in [-0.4, -0.2) is 45.8 Å². The highest BCUT2D eigenvalue weighted by atomic mass is 35.5. The van der Waals surface area contributed by atoms with Crippen LogP contribution < -0.4 is 5.56 Å². The first kappa shape index (κ1) is 22.3. The number of thiophene rings is 1. The molecule has 0 saturated heterocycles. The number of carbonyl (C=O) groups is 1. The Hall–Kier alpha value is -4.16. The summed E-state index contributed by atoms with van der Waals surface area (Å²) in [6, 6.07) is 9.54. The number of aromatic nitrogens is 7. The van der Waals surface area contributed by atoms with E-state index in [0.29, 0.717) is 46.1 Å². The van der Waals surface area contributed by atoms with Crippen molar-refractivity contribution in [2.24, 2.45) is 0 Å². The molecule has 0 saturated carbocycles. The smallest absolute Gasteiger partial charge is 0.345 e. The van der Waals surface area contributed by atoms with Crippen molar-refractivity contribution in [3.63, 3.8) is 0 Å². The number of nitrogens with one attached hydrogen (secondary N) is 1. The summed E-state index contributed by atoms with van der Waals surface area (Å²) in [6.07, 6.45) is 2.58. The average Bonchev–Trinajstić information content (AvgIpc) is 3.64. The third kappa shape index (κ3) is 3.71. The summed E-state index contributed by atoms with van der Waals surface area (Å²) in [7, 11) is 0. The van der Waals surface area contributed by atoms with Crippen molar-refractivity contribution < 1.29 is 14.3 Å². The third-order valence-corrected chi connectivity index (χ3v) is 7.24. The molecule has 6 rings (SSSR count). The molecule has 0 radical (unpaired) electrons. The molecule has 10 nitrogen and oxygen atoms in total. The molecule has 1 aromatic carbocycles. The van der Waals surface area contributed by atoms with Crippen LogP contribution in [0.5, 0.6) is 0 Å². The Morgan fingerprint density at radius 3 is 2.83 bits per heavy atom. The van der Waals surface area contributed by atoms with Gasteiger partial charge in [0.05, 0.1) is 11.7 Å². The number of benzene rings is 1. The molecule has 0 unspecified atom stereocenters. The van der Waals surface area contributed by atoms with Crippen LogP contribution in [-0.2, 0) is 6.42 Å². The summed E-state index contributed by atoms with van der Waals surface area (Å²) in [5, 5.41) is 22.5. The minimum atomic E-state index is -1.08. The number of imidazole rings is 1. The van der Waals surface area contributed by atoms with E-state index in [-0.39, 0.29) is 16.1 Å². The number of tetrazole rings is 1. The van der Waals surface area contributed by atoms with E-state index in [1.54, 1.807) is 28.1 Å². The van der Waals surface area contributed by atoms with Crippen molar-refractivity contribution in [2.45, 2.75) is 18.9 Å². The molecule has 1 aliphatic rings. The number of fused-ring (bicyclic) bond motifs is 1. The topological polar surface area (TPSA) is 132 Å². The number of aryl methyl sites for hydroxylation is 1. The summed E-state index contributed by atoms with van der Waals surface area (Å²) in [5.41, 5.74) is 3.00. The zero-order valence-electron chi connectivity index (χ0n) is 18.2. The molecule has 0 fully saturated rings. The fourth-order valence-electron chi connectivity index (χ4n) is 4.52. The van der Waals surface area contributed by atoms with E-state index >= 15 is 0 Å². The van der Waals surface area contributed by atoms with Gasteiger partial charge in [-0.25, -0.2) is 9.78 Å². The van der Waals surface area contributed by atoms with E-state index in [4.69, 9.17) is 16.7 Å². The Kier molecular flexibility index (Phi) is 5.27. The van der Waals surface area contributed by atoms with E-state index in [2.05, 4.69) is 25.5 Å². The standard InChI is InChI=1S/C23H15ClFN7O3S/c24-13-1-3-16(31-10-26-29-30-31)15(8-13)11-5-14-2-4-17(32(14)19(33)7-11)22-27-20(21(25)28-22)12-6-18(23(34)35)36-9-12/h1,3,5-10,17H,2,4H2,(H,27,28)(H,34,35)/t17-/m0/s1. The zero-order chi connectivity index (χ0) is 25.0. The van der Waals surface area contributed by atoms with Crippen LogP contribution >= 0.6 is 22.9 Å². The number of aromatic amines is 1. The molecule has 0 bridgehead atoms. The largest absolute Gasteiger partial charge is 0.477 e. The predicted octanol–water partition coefficient (Wildman–Crippen LogP) is 3.97. The molecule has 36 heavy (non-hydrogen) atoms. The van der Waals surface area contributed by atoms with Crippen LogP contribution in [0.1, 0.15) is 33.7 Å². The lowest BCUT2D eigenvalue weighted by Gasteiger charge is -2.14. The molecule has 180 valence electrons. The lowest BCUT2D eigenvalue weighted by Crippen LogP contribution is -2.24. The number of carboxylic acid groups (broad SMARTS) is 1. The molecular weight excluding hydrogens is 509 g/mol. The maximum atomic E-state index is 14.7. The van der Waals surface area contributed by atoms with Crippen molar-refractivity contribution in [3.8, 4) is 28.1 Å². The van der Waals surface area contributed by atoms with Gasteiger partial charge in [-0.3, -0.25) is 4.79 Å². The summed E-state index contributed by atoms with van der Waals surface area (Å²) in [6.45, 7) is 0. The molecule has 5 aromatic rings. The first-order valence-corrected chi connectivity index (χ1v) is 12.0. The van der Waals surface area contributed by atoms with Gasteiger partial charge >= 0.3 is 5.97 Å². The van der Waals surface area contributed by atoms with Gasteiger partial charge in [-0.15, -0.1) is 16.4 Å². The van der Waals surface area contributed by atoms with E-state index in [0.717, 1.165) is 17.0 Å². The molecule has 5 heterocycles. The van der Waals surface area contributed by atoms with Gasteiger partial charge in [-0.1, -0.05) is 11.6 Å². The van der Waals surface area contributed by atoms with E-state index in [1.807, 2.05) is 6.07 Å². The number of hydrogen-bond donors (Lipinski definition) is 2. The first-order valence-electron chi connectivity index (χ1n) is 10.8. The molecule has 2 N–H and O–H groups in total. The normalized spacial score (nSPS) is 14.8. The highest BCUT2D eigenvalue weighted by Gasteiger charge is 2.29. The summed E-state index contributed by atoms with van der Waals surface area (Å²) < 4.78 is 17.8. The van der Waals surface area contributed by atoms with Gasteiger partial charge < -0.3 is 14.7 Å². The van der Waals surface area contributed by atoms with Gasteiger partial charge in [-0.05, 0) is 59.2 Å². The Morgan fingerprint density at radius 1 is 1.22 bits per heavy atom.